The van der Waals surface area contributed by atoms with E-state index in [1.807, 2.05) is 25.1 Å². The molecule has 0 fully saturated rings. The average Bonchev–Trinajstić information content (AvgIpc) is 2.20. The Kier molecular flexibility index (Phi) is 4.97. The number of aryl methyl sites for hydroxylation is 1. The second-order valence-corrected chi connectivity index (χ2v) is 6.89. The van der Waals surface area contributed by atoms with Crippen LogP contribution in [0.5, 0.6) is 0 Å². The molecule has 0 aliphatic heterocycles. The molecule has 18 heavy (non-hydrogen) atoms. The molecule has 1 aromatic carbocycles. The maximum Gasteiger partial charge on any atom is 0.224 e. The van der Waals surface area contributed by atoms with E-state index in [4.69, 9.17) is 0 Å². The molecule has 3 heteroatoms. The third-order valence-corrected chi connectivity index (χ3v) is 3.93. The van der Waals surface area contributed by atoms with Crippen molar-refractivity contribution in [3.8, 4) is 0 Å². The van der Waals surface area contributed by atoms with Crippen molar-refractivity contribution >= 4 is 27.5 Å². The molecule has 0 aliphatic rings. The van der Waals surface area contributed by atoms with Crippen molar-refractivity contribution in [3.63, 3.8) is 0 Å². The molecule has 1 N–H and O–H groups in total. The summed E-state index contributed by atoms with van der Waals surface area (Å²) in [5.41, 5.74) is 2.12. The van der Waals surface area contributed by atoms with Crippen LogP contribution in [0.2, 0.25) is 0 Å². The topological polar surface area (TPSA) is 29.1 Å². The van der Waals surface area contributed by atoms with Gasteiger partial charge in [-0.2, -0.15) is 0 Å². The van der Waals surface area contributed by atoms with Crippen LogP contribution in [0.25, 0.3) is 0 Å². The highest BCUT2D eigenvalue weighted by atomic mass is 79.9. The molecule has 0 spiro atoms. The first kappa shape index (κ1) is 15.2. The van der Waals surface area contributed by atoms with Crippen LogP contribution in [0.3, 0.4) is 0 Å². The number of hydrogen-bond donors (Lipinski definition) is 1. The van der Waals surface area contributed by atoms with Crippen LogP contribution in [0, 0.1) is 18.3 Å². The van der Waals surface area contributed by atoms with Gasteiger partial charge in [0.1, 0.15) is 0 Å². The number of anilines is 1. The predicted octanol–water partition coefficient (Wildman–Crippen LogP) is 4.77. The Hall–Kier alpha value is -0.830. The second-order valence-electron chi connectivity index (χ2n) is 5.98. The van der Waals surface area contributed by atoms with Gasteiger partial charge in [-0.3, -0.25) is 4.79 Å². The lowest BCUT2D eigenvalue weighted by molar-refractivity contribution is -0.117. The summed E-state index contributed by atoms with van der Waals surface area (Å²) >= 11 is 3.42. The summed E-state index contributed by atoms with van der Waals surface area (Å²) < 4.78 is 1.03. The Morgan fingerprint density at radius 1 is 1.39 bits per heavy atom. The first-order valence-electron chi connectivity index (χ1n) is 6.26. The number of benzene rings is 1. The molecule has 1 unspecified atom stereocenters. The Labute approximate surface area is 118 Å². The van der Waals surface area contributed by atoms with Gasteiger partial charge in [0.2, 0.25) is 5.91 Å². The molecular formula is C15H22BrNO. The van der Waals surface area contributed by atoms with Crippen molar-refractivity contribution in [1.29, 1.82) is 0 Å². The van der Waals surface area contributed by atoms with E-state index in [-0.39, 0.29) is 11.3 Å². The Morgan fingerprint density at radius 2 is 2.00 bits per heavy atom. The smallest absolute Gasteiger partial charge is 0.224 e. The summed E-state index contributed by atoms with van der Waals surface area (Å²) in [5, 5.41) is 2.98. The van der Waals surface area contributed by atoms with Crippen molar-refractivity contribution in [3.05, 3.63) is 28.2 Å². The van der Waals surface area contributed by atoms with Crippen LogP contribution in [0.4, 0.5) is 5.69 Å². The van der Waals surface area contributed by atoms with Crippen molar-refractivity contribution in [1.82, 2.24) is 0 Å². The van der Waals surface area contributed by atoms with Gasteiger partial charge in [0, 0.05) is 16.6 Å². The van der Waals surface area contributed by atoms with Crippen molar-refractivity contribution < 1.29 is 4.79 Å². The number of carbonyl (C=O) groups excluding carboxylic acids is 1. The normalized spacial score (nSPS) is 13.2. The third-order valence-electron chi connectivity index (χ3n) is 3.43. The molecule has 0 heterocycles. The highest BCUT2D eigenvalue weighted by molar-refractivity contribution is 9.10. The highest BCUT2D eigenvalue weighted by Crippen LogP contribution is 2.28. The average molecular weight is 312 g/mol. The first-order chi connectivity index (χ1) is 8.20. The standard InChI is InChI=1S/C15H22BrNO/c1-10-8-12(16)6-7-13(10)17-14(18)9-11(2)15(3,4)5/h6-8,11H,9H2,1-5H3,(H,17,18). The van der Waals surface area contributed by atoms with Crippen molar-refractivity contribution in [2.75, 3.05) is 5.32 Å². The summed E-state index contributed by atoms with van der Waals surface area (Å²) in [5.74, 6) is 0.441. The van der Waals surface area contributed by atoms with Crippen LogP contribution in [0.1, 0.15) is 39.7 Å². The second kappa shape index (κ2) is 5.87. The molecular weight excluding hydrogens is 290 g/mol. The minimum Gasteiger partial charge on any atom is -0.326 e. The van der Waals surface area contributed by atoms with E-state index in [0.717, 1.165) is 15.7 Å². The maximum absolute atomic E-state index is 12.0. The van der Waals surface area contributed by atoms with Gasteiger partial charge >= 0.3 is 0 Å². The number of nitrogens with one attached hydrogen (secondary N) is 1. The zero-order chi connectivity index (χ0) is 13.9. The Balaban J connectivity index is 2.65. The molecule has 1 amide bonds. The van der Waals surface area contributed by atoms with Crippen molar-refractivity contribution in [2.24, 2.45) is 11.3 Å². The lowest BCUT2D eigenvalue weighted by Gasteiger charge is -2.26. The van der Waals surface area contributed by atoms with Crippen LogP contribution in [-0.2, 0) is 4.79 Å². The summed E-state index contributed by atoms with van der Waals surface area (Å²) in [6, 6.07) is 5.87. The van der Waals surface area contributed by atoms with E-state index >= 15 is 0 Å². The molecule has 0 radical (unpaired) electrons. The van der Waals surface area contributed by atoms with E-state index in [1.165, 1.54) is 0 Å². The van der Waals surface area contributed by atoms with Crippen LogP contribution >= 0.6 is 15.9 Å². The zero-order valence-corrected chi connectivity index (χ0v) is 13.4. The number of hydrogen-bond acceptors (Lipinski definition) is 1. The van der Waals surface area contributed by atoms with Gasteiger partial charge in [-0.15, -0.1) is 0 Å². The SMILES string of the molecule is Cc1cc(Br)ccc1NC(=O)CC(C)C(C)(C)C. The zero-order valence-electron chi connectivity index (χ0n) is 11.8. The molecule has 1 aromatic rings. The van der Waals surface area contributed by atoms with Crippen LogP contribution in [0.15, 0.2) is 22.7 Å². The molecule has 0 bridgehead atoms. The number of halogens is 1. The quantitative estimate of drug-likeness (QED) is 0.856. The summed E-state index contributed by atoms with van der Waals surface area (Å²) in [6.45, 7) is 10.6. The predicted molar refractivity (Wildman–Crippen MR) is 80.7 cm³/mol. The number of rotatable bonds is 3. The Bertz CT molecular complexity index is 435. The summed E-state index contributed by atoms with van der Waals surface area (Å²) in [6.07, 6.45) is 0.555. The third kappa shape index (κ3) is 4.45. The molecule has 0 saturated heterocycles. The maximum atomic E-state index is 12.0. The summed E-state index contributed by atoms with van der Waals surface area (Å²) in [4.78, 5) is 12.0. The fourth-order valence-corrected chi connectivity index (χ4v) is 2.03. The van der Waals surface area contributed by atoms with E-state index in [9.17, 15) is 4.79 Å². The van der Waals surface area contributed by atoms with Gasteiger partial charge in [0.05, 0.1) is 0 Å². The molecule has 100 valence electrons. The van der Waals surface area contributed by atoms with E-state index in [0.29, 0.717) is 12.3 Å². The minimum absolute atomic E-state index is 0.0860. The lowest BCUT2D eigenvalue weighted by atomic mass is 9.80. The van der Waals surface area contributed by atoms with Gasteiger partial charge in [0.15, 0.2) is 0 Å². The largest absolute Gasteiger partial charge is 0.326 e. The van der Waals surface area contributed by atoms with Gasteiger partial charge < -0.3 is 5.32 Å². The van der Waals surface area contributed by atoms with Gasteiger partial charge in [-0.25, -0.2) is 0 Å². The molecule has 0 aliphatic carbocycles. The molecule has 1 atom stereocenters. The fourth-order valence-electron chi connectivity index (χ4n) is 1.55. The monoisotopic (exact) mass is 311 g/mol. The van der Waals surface area contributed by atoms with Gasteiger partial charge in [0.25, 0.3) is 0 Å². The highest BCUT2D eigenvalue weighted by Gasteiger charge is 2.22. The van der Waals surface area contributed by atoms with Gasteiger partial charge in [-0.1, -0.05) is 43.6 Å². The van der Waals surface area contributed by atoms with E-state index in [1.54, 1.807) is 0 Å². The van der Waals surface area contributed by atoms with E-state index in [2.05, 4.69) is 48.9 Å². The van der Waals surface area contributed by atoms with Crippen LogP contribution in [-0.4, -0.2) is 5.91 Å². The van der Waals surface area contributed by atoms with E-state index < -0.39 is 0 Å². The summed E-state index contributed by atoms with van der Waals surface area (Å²) in [7, 11) is 0. The van der Waals surface area contributed by atoms with Crippen LogP contribution < -0.4 is 5.32 Å². The fraction of sp³-hybridized carbons (Fsp3) is 0.533. The lowest BCUT2D eigenvalue weighted by Crippen LogP contribution is -2.24. The Morgan fingerprint density at radius 3 is 2.50 bits per heavy atom. The minimum atomic E-state index is 0.0860. The molecule has 2 nitrogen and oxygen atoms in total. The van der Waals surface area contributed by atoms with Crippen molar-refractivity contribution in [2.45, 2.75) is 41.0 Å². The number of amides is 1. The molecule has 1 rings (SSSR count). The first-order valence-corrected chi connectivity index (χ1v) is 7.05. The molecule has 0 saturated carbocycles. The molecule has 0 aromatic heterocycles. The van der Waals surface area contributed by atoms with Gasteiger partial charge in [-0.05, 0) is 42.0 Å². The number of carbonyl (C=O) groups is 1.